The summed E-state index contributed by atoms with van der Waals surface area (Å²) >= 11 is 0. The molecule has 1 N–H and O–H groups in total. The fourth-order valence-corrected chi connectivity index (χ4v) is 3.60. The molecule has 0 spiro atoms. The summed E-state index contributed by atoms with van der Waals surface area (Å²) in [5.41, 5.74) is 3.44. The highest BCUT2D eigenvalue weighted by Gasteiger charge is 2.40. The summed E-state index contributed by atoms with van der Waals surface area (Å²) in [6.07, 6.45) is 4.77. The van der Waals surface area contributed by atoms with Gasteiger partial charge in [-0.05, 0) is 55.5 Å². The van der Waals surface area contributed by atoms with Gasteiger partial charge in [0.05, 0.1) is 18.2 Å². The van der Waals surface area contributed by atoms with Crippen LogP contribution in [0.1, 0.15) is 36.0 Å². The summed E-state index contributed by atoms with van der Waals surface area (Å²) in [6.45, 7) is 2.01. The Hall–Kier alpha value is -2.62. The number of hydrogen-bond donors (Lipinski definition) is 1. The van der Waals surface area contributed by atoms with Gasteiger partial charge in [0.25, 0.3) is 0 Å². The van der Waals surface area contributed by atoms with Gasteiger partial charge >= 0.3 is 0 Å². The molecule has 0 saturated heterocycles. The molecule has 1 aromatic heterocycles. The molecule has 0 bridgehead atoms. The number of carbonyl (C=O) groups is 1. The summed E-state index contributed by atoms with van der Waals surface area (Å²) in [5.74, 6) is -0.294. The molecular formula is C21H20FNO2. The Morgan fingerprint density at radius 2 is 1.96 bits per heavy atom. The van der Waals surface area contributed by atoms with Gasteiger partial charge in [0.2, 0.25) is 5.91 Å². The first-order valence-electron chi connectivity index (χ1n) is 8.60. The van der Waals surface area contributed by atoms with Crippen LogP contribution in [0.5, 0.6) is 0 Å². The van der Waals surface area contributed by atoms with Gasteiger partial charge in [0.15, 0.2) is 0 Å². The summed E-state index contributed by atoms with van der Waals surface area (Å²) in [6, 6.07) is 12.4. The first kappa shape index (κ1) is 15.9. The van der Waals surface area contributed by atoms with Crippen molar-refractivity contribution in [2.45, 2.75) is 38.1 Å². The van der Waals surface area contributed by atoms with E-state index in [4.69, 9.17) is 4.42 Å². The highest BCUT2D eigenvalue weighted by molar-refractivity contribution is 5.88. The van der Waals surface area contributed by atoms with Gasteiger partial charge in [-0.3, -0.25) is 4.79 Å². The average molecular weight is 337 g/mol. The zero-order chi connectivity index (χ0) is 17.4. The Kier molecular flexibility index (Phi) is 3.83. The summed E-state index contributed by atoms with van der Waals surface area (Å²) in [7, 11) is 0. The Balaban J connectivity index is 1.53. The molecule has 4 rings (SSSR count). The van der Waals surface area contributed by atoms with E-state index in [-0.39, 0.29) is 23.7 Å². The van der Waals surface area contributed by atoms with Gasteiger partial charge in [0.1, 0.15) is 11.4 Å². The molecule has 1 fully saturated rings. The number of rotatable bonds is 4. The van der Waals surface area contributed by atoms with Gasteiger partial charge in [-0.2, -0.15) is 0 Å². The zero-order valence-corrected chi connectivity index (χ0v) is 14.1. The van der Waals surface area contributed by atoms with Gasteiger partial charge in [-0.25, -0.2) is 4.39 Å². The predicted octanol–water partition coefficient (Wildman–Crippen LogP) is 4.62. The van der Waals surface area contributed by atoms with Crippen molar-refractivity contribution in [2.24, 2.45) is 0 Å². The van der Waals surface area contributed by atoms with Gasteiger partial charge in [0, 0.05) is 10.9 Å². The van der Waals surface area contributed by atoms with E-state index in [0.29, 0.717) is 0 Å². The Morgan fingerprint density at radius 3 is 2.64 bits per heavy atom. The second-order valence-corrected chi connectivity index (χ2v) is 6.93. The second kappa shape index (κ2) is 6.03. The lowest BCUT2D eigenvalue weighted by atomic mass is 9.71. The highest BCUT2D eigenvalue weighted by Crippen LogP contribution is 2.41. The van der Waals surface area contributed by atoms with Crippen molar-refractivity contribution in [1.29, 1.82) is 0 Å². The van der Waals surface area contributed by atoms with E-state index in [1.807, 2.05) is 25.1 Å². The molecule has 1 saturated carbocycles. The molecule has 0 radical (unpaired) electrons. The van der Waals surface area contributed by atoms with Crippen molar-refractivity contribution in [3.63, 3.8) is 0 Å². The van der Waals surface area contributed by atoms with Crippen LogP contribution in [-0.4, -0.2) is 5.91 Å². The first-order valence-corrected chi connectivity index (χ1v) is 8.60. The lowest BCUT2D eigenvalue weighted by Crippen LogP contribution is -2.51. The van der Waals surface area contributed by atoms with E-state index >= 15 is 0 Å². The third-order valence-electron chi connectivity index (χ3n) is 5.14. The molecule has 1 aliphatic rings. The van der Waals surface area contributed by atoms with Gasteiger partial charge in [-0.1, -0.05) is 24.3 Å². The number of aryl methyl sites for hydroxylation is 1. The minimum absolute atomic E-state index is 0.0349. The van der Waals surface area contributed by atoms with E-state index in [1.54, 1.807) is 18.4 Å². The maximum atomic E-state index is 13.2. The molecule has 4 heteroatoms. The molecule has 0 unspecified atom stereocenters. The molecule has 3 nitrogen and oxygen atoms in total. The second-order valence-electron chi connectivity index (χ2n) is 6.93. The van der Waals surface area contributed by atoms with Gasteiger partial charge in [-0.15, -0.1) is 0 Å². The maximum absolute atomic E-state index is 13.2. The number of halogens is 1. The fourth-order valence-electron chi connectivity index (χ4n) is 3.60. The SMILES string of the molecule is Cc1ccc2c(CC(=O)NC3(c4ccc(F)cc4)CCC3)coc2c1. The third kappa shape index (κ3) is 2.93. The van der Waals surface area contributed by atoms with E-state index in [0.717, 1.165) is 46.9 Å². The molecule has 1 aliphatic carbocycles. The number of benzene rings is 2. The smallest absolute Gasteiger partial charge is 0.225 e. The normalized spacial score (nSPS) is 15.8. The van der Waals surface area contributed by atoms with E-state index < -0.39 is 0 Å². The lowest BCUT2D eigenvalue weighted by molar-refractivity contribution is -0.123. The van der Waals surface area contributed by atoms with E-state index in [1.165, 1.54) is 12.1 Å². The maximum Gasteiger partial charge on any atom is 0.225 e. The number of amides is 1. The van der Waals surface area contributed by atoms with Crippen molar-refractivity contribution in [3.05, 3.63) is 71.2 Å². The van der Waals surface area contributed by atoms with Crippen LogP contribution < -0.4 is 5.32 Å². The summed E-state index contributed by atoms with van der Waals surface area (Å²) in [5, 5.41) is 4.15. The molecular weight excluding hydrogens is 317 g/mol. The van der Waals surface area contributed by atoms with Gasteiger partial charge < -0.3 is 9.73 Å². The van der Waals surface area contributed by atoms with Crippen molar-refractivity contribution in [3.8, 4) is 0 Å². The number of carbonyl (C=O) groups excluding carboxylic acids is 1. The van der Waals surface area contributed by atoms with Crippen molar-refractivity contribution < 1.29 is 13.6 Å². The standard InChI is InChI=1S/C21H20FNO2/c1-14-3-8-18-15(13-25-19(18)11-14)12-20(24)23-21(9-2-10-21)16-4-6-17(22)7-5-16/h3-8,11,13H,2,9-10,12H2,1H3,(H,23,24). The number of nitrogens with one attached hydrogen (secondary N) is 1. The number of fused-ring (bicyclic) bond motifs is 1. The molecule has 1 amide bonds. The highest BCUT2D eigenvalue weighted by atomic mass is 19.1. The Bertz CT molecular complexity index is 923. The van der Waals surface area contributed by atoms with Crippen LogP contribution in [0.4, 0.5) is 4.39 Å². The quantitative estimate of drug-likeness (QED) is 0.755. The van der Waals surface area contributed by atoms with Crippen LogP contribution in [-0.2, 0) is 16.8 Å². The van der Waals surface area contributed by atoms with Crippen molar-refractivity contribution >= 4 is 16.9 Å². The number of furan rings is 1. The minimum Gasteiger partial charge on any atom is -0.464 e. The van der Waals surface area contributed by atoms with Crippen LogP contribution in [0.3, 0.4) is 0 Å². The zero-order valence-electron chi connectivity index (χ0n) is 14.1. The molecule has 0 atom stereocenters. The molecule has 128 valence electrons. The average Bonchev–Trinajstić information content (AvgIpc) is 2.94. The first-order chi connectivity index (χ1) is 12.1. The minimum atomic E-state index is -0.360. The van der Waals surface area contributed by atoms with Crippen LogP contribution in [0.2, 0.25) is 0 Å². The Morgan fingerprint density at radius 1 is 1.20 bits per heavy atom. The summed E-state index contributed by atoms with van der Waals surface area (Å²) < 4.78 is 18.8. The lowest BCUT2D eigenvalue weighted by Gasteiger charge is -2.43. The molecule has 0 aliphatic heterocycles. The molecule has 25 heavy (non-hydrogen) atoms. The van der Waals surface area contributed by atoms with Crippen molar-refractivity contribution in [2.75, 3.05) is 0 Å². The molecule has 2 aromatic carbocycles. The largest absolute Gasteiger partial charge is 0.464 e. The molecule has 1 heterocycles. The third-order valence-corrected chi connectivity index (χ3v) is 5.14. The summed E-state index contributed by atoms with van der Waals surface area (Å²) in [4.78, 5) is 12.6. The van der Waals surface area contributed by atoms with E-state index in [9.17, 15) is 9.18 Å². The van der Waals surface area contributed by atoms with Crippen molar-refractivity contribution in [1.82, 2.24) is 5.32 Å². The topological polar surface area (TPSA) is 42.2 Å². The Labute approximate surface area is 145 Å². The van der Waals surface area contributed by atoms with Crippen LogP contribution in [0, 0.1) is 12.7 Å². The fraction of sp³-hybridized carbons (Fsp3) is 0.286. The van der Waals surface area contributed by atoms with Crippen LogP contribution in [0.25, 0.3) is 11.0 Å². The molecule has 3 aromatic rings. The number of hydrogen-bond acceptors (Lipinski definition) is 2. The van der Waals surface area contributed by atoms with Crippen LogP contribution >= 0.6 is 0 Å². The van der Waals surface area contributed by atoms with E-state index in [2.05, 4.69) is 5.32 Å². The van der Waals surface area contributed by atoms with Crippen LogP contribution in [0.15, 0.2) is 53.1 Å². The monoisotopic (exact) mass is 337 g/mol. The predicted molar refractivity (Wildman–Crippen MR) is 94.7 cm³/mol.